The van der Waals surface area contributed by atoms with Gasteiger partial charge in [-0.3, -0.25) is 9.59 Å². The van der Waals surface area contributed by atoms with Gasteiger partial charge in [-0.15, -0.1) is 0 Å². The molecular formula is C24H30N2O5. The van der Waals surface area contributed by atoms with Crippen molar-refractivity contribution in [3.8, 4) is 5.75 Å². The van der Waals surface area contributed by atoms with Crippen LogP contribution in [-0.4, -0.2) is 36.5 Å². The number of rotatable bonds is 9. The van der Waals surface area contributed by atoms with Gasteiger partial charge in [0.05, 0.1) is 6.61 Å². The predicted molar refractivity (Wildman–Crippen MR) is 119 cm³/mol. The van der Waals surface area contributed by atoms with E-state index in [1.807, 2.05) is 26.0 Å². The molecule has 0 saturated carbocycles. The topological polar surface area (TPSA) is 93.7 Å². The van der Waals surface area contributed by atoms with Gasteiger partial charge in [0.2, 0.25) is 0 Å². The van der Waals surface area contributed by atoms with Crippen LogP contribution in [0.25, 0.3) is 0 Å². The summed E-state index contributed by atoms with van der Waals surface area (Å²) in [6, 6.07) is 13.0. The van der Waals surface area contributed by atoms with E-state index in [-0.39, 0.29) is 5.92 Å². The number of hydrogen-bond acceptors (Lipinski definition) is 5. The van der Waals surface area contributed by atoms with Crippen LogP contribution >= 0.6 is 0 Å². The molecule has 31 heavy (non-hydrogen) atoms. The minimum atomic E-state index is -1.02. The fraction of sp³-hybridized carbons (Fsp3) is 0.375. The molecule has 0 saturated heterocycles. The van der Waals surface area contributed by atoms with Crippen molar-refractivity contribution in [2.75, 3.05) is 11.9 Å². The highest BCUT2D eigenvalue weighted by atomic mass is 16.5. The second kappa shape index (κ2) is 11.2. The molecule has 0 aliphatic heterocycles. The van der Waals surface area contributed by atoms with Crippen LogP contribution in [0.15, 0.2) is 48.5 Å². The molecule has 2 amide bonds. The largest absolute Gasteiger partial charge is 0.494 e. The Morgan fingerprint density at radius 1 is 0.935 bits per heavy atom. The van der Waals surface area contributed by atoms with Crippen molar-refractivity contribution in [2.45, 2.75) is 46.8 Å². The van der Waals surface area contributed by atoms with Gasteiger partial charge in [0.1, 0.15) is 11.8 Å². The summed E-state index contributed by atoms with van der Waals surface area (Å²) in [5.41, 5.74) is 2.08. The number of amides is 2. The number of benzene rings is 2. The molecule has 0 bridgehead atoms. The third-order valence-electron chi connectivity index (χ3n) is 4.62. The average Bonchev–Trinajstić information content (AvgIpc) is 2.73. The van der Waals surface area contributed by atoms with Crippen LogP contribution in [-0.2, 0) is 14.3 Å². The maximum absolute atomic E-state index is 12.7. The average molecular weight is 427 g/mol. The number of hydrogen-bond donors (Lipinski definition) is 2. The Labute approximate surface area is 183 Å². The summed E-state index contributed by atoms with van der Waals surface area (Å²) in [6.45, 7) is 9.43. The van der Waals surface area contributed by atoms with E-state index in [0.717, 1.165) is 5.56 Å². The molecule has 2 aromatic carbocycles. The summed E-state index contributed by atoms with van der Waals surface area (Å²) in [6.07, 6.45) is -1.02. The Kier molecular flexibility index (Phi) is 8.61. The Morgan fingerprint density at radius 2 is 1.55 bits per heavy atom. The molecule has 0 aromatic heterocycles. The van der Waals surface area contributed by atoms with Crippen LogP contribution in [0.4, 0.5) is 5.69 Å². The summed E-state index contributed by atoms with van der Waals surface area (Å²) in [7, 11) is 0. The number of carbonyl (C=O) groups is 3. The minimum absolute atomic E-state index is 0.230. The number of carbonyl (C=O) groups excluding carboxylic acids is 3. The zero-order chi connectivity index (χ0) is 23.0. The standard InChI is InChI=1S/C24H30N2O5/c1-6-30-20-13-9-18(10-14-20)23(28)26-21(15(2)3)24(29)31-17(5)22(27)25-19-11-7-16(4)8-12-19/h7-15,17,21H,6H2,1-5H3,(H,25,27)(H,26,28)/t17-,21-/m0/s1. The van der Waals surface area contributed by atoms with Crippen molar-refractivity contribution in [3.63, 3.8) is 0 Å². The van der Waals surface area contributed by atoms with E-state index in [2.05, 4.69) is 10.6 Å². The number of esters is 1. The fourth-order valence-corrected chi connectivity index (χ4v) is 2.77. The maximum atomic E-state index is 12.7. The second-order valence-electron chi connectivity index (χ2n) is 7.59. The SMILES string of the molecule is CCOc1ccc(C(=O)N[C@H](C(=O)O[C@@H](C)C(=O)Nc2ccc(C)cc2)C(C)C)cc1. The van der Waals surface area contributed by atoms with Crippen LogP contribution < -0.4 is 15.4 Å². The molecule has 0 fully saturated rings. The summed E-state index contributed by atoms with van der Waals surface area (Å²) in [4.78, 5) is 37.6. The molecule has 166 valence electrons. The molecular weight excluding hydrogens is 396 g/mol. The summed E-state index contributed by atoms with van der Waals surface area (Å²) < 4.78 is 10.7. The lowest BCUT2D eigenvalue weighted by atomic mass is 10.0. The van der Waals surface area contributed by atoms with E-state index < -0.39 is 29.9 Å². The first-order chi connectivity index (χ1) is 14.7. The van der Waals surface area contributed by atoms with Crippen molar-refractivity contribution >= 4 is 23.5 Å². The number of ether oxygens (including phenoxy) is 2. The molecule has 2 N–H and O–H groups in total. The Hall–Kier alpha value is -3.35. The number of nitrogens with one attached hydrogen (secondary N) is 2. The van der Waals surface area contributed by atoms with E-state index in [4.69, 9.17) is 9.47 Å². The number of anilines is 1. The van der Waals surface area contributed by atoms with Crippen molar-refractivity contribution in [2.24, 2.45) is 5.92 Å². The van der Waals surface area contributed by atoms with E-state index in [1.54, 1.807) is 50.2 Å². The first kappa shape index (κ1) is 23.9. The highest BCUT2D eigenvalue weighted by molar-refractivity contribution is 5.98. The highest BCUT2D eigenvalue weighted by Gasteiger charge is 2.29. The Balaban J connectivity index is 1.98. The van der Waals surface area contributed by atoms with Crippen LogP contribution in [0.5, 0.6) is 5.75 Å². The third-order valence-corrected chi connectivity index (χ3v) is 4.62. The zero-order valence-electron chi connectivity index (χ0n) is 18.6. The molecule has 0 aliphatic carbocycles. The summed E-state index contributed by atoms with van der Waals surface area (Å²) in [5.74, 6) is -1.09. The van der Waals surface area contributed by atoms with Gasteiger partial charge in [-0.1, -0.05) is 31.5 Å². The van der Waals surface area contributed by atoms with E-state index >= 15 is 0 Å². The van der Waals surface area contributed by atoms with Crippen LogP contribution in [0.3, 0.4) is 0 Å². The molecule has 0 spiro atoms. The normalized spacial score (nSPS) is 12.6. The van der Waals surface area contributed by atoms with Crippen molar-refractivity contribution in [3.05, 3.63) is 59.7 Å². The fourth-order valence-electron chi connectivity index (χ4n) is 2.77. The van der Waals surface area contributed by atoms with Crippen LogP contribution in [0.1, 0.15) is 43.6 Å². The maximum Gasteiger partial charge on any atom is 0.329 e. The van der Waals surface area contributed by atoms with Gasteiger partial charge >= 0.3 is 5.97 Å². The summed E-state index contributed by atoms with van der Waals surface area (Å²) in [5, 5.41) is 5.41. The van der Waals surface area contributed by atoms with E-state index in [0.29, 0.717) is 23.6 Å². The molecule has 0 unspecified atom stereocenters. The van der Waals surface area contributed by atoms with Gasteiger partial charge in [-0.2, -0.15) is 0 Å². The predicted octanol–water partition coefficient (Wildman–Crippen LogP) is 3.72. The second-order valence-corrected chi connectivity index (χ2v) is 7.59. The van der Waals surface area contributed by atoms with Gasteiger partial charge in [-0.25, -0.2) is 4.79 Å². The third kappa shape index (κ3) is 7.13. The highest BCUT2D eigenvalue weighted by Crippen LogP contribution is 2.14. The van der Waals surface area contributed by atoms with Gasteiger partial charge in [0.25, 0.3) is 11.8 Å². The van der Waals surface area contributed by atoms with Crippen molar-refractivity contribution in [1.29, 1.82) is 0 Å². The molecule has 0 heterocycles. The van der Waals surface area contributed by atoms with Crippen LogP contribution in [0.2, 0.25) is 0 Å². The van der Waals surface area contributed by atoms with Crippen molar-refractivity contribution < 1.29 is 23.9 Å². The lowest BCUT2D eigenvalue weighted by molar-refractivity contribution is -0.156. The lowest BCUT2D eigenvalue weighted by Crippen LogP contribution is -2.47. The van der Waals surface area contributed by atoms with Crippen molar-refractivity contribution in [1.82, 2.24) is 5.32 Å². The van der Waals surface area contributed by atoms with Gasteiger partial charge in [0, 0.05) is 11.3 Å². The first-order valence-electron chi connectivity index (χ1n) is 10.3. The molecule has 0 aliphatic rings. The molecule has 2 atom stereocenters. The molecule has 7 nitrogen and oxygen atoms in total. The number of aryl methyl sites for hydroxylation is 1. The zero-order valence-corrected chi connectivity index (χ0v) is 18.6. The first-order valence-corrected chi connectivity index (χ1v) is 10.3. The van der Waals surface area contributed by atoms with Crippen LogP contribution in [0, 0.1) is 12.8 Å². The van der Waals surface area contributed by atoms with Gasteiger partial charge < -0.3 is 20.1 Å². The van der Waals surface area contributed by atoms with Gasteiger partial charge in [-0.05, 0) is 63.1 Å². The smallest absolute Gasteiger partial charge is 0.329 e. The Morgan fingerprint density at radius 3 is 2.10 bits per heavy atom. The molecule has 0 radical (unpaired) electrons. The van der Waals surface area contributed by atoms with Gasteiger partial charge in [0.15, 0.2) is 6.10 Å². The minimum Gasteiger partial charge on any atom is -0.494 e. The monoisotopic (exact) mass is 426 g/mol. The Bertz CT molecular complexity index is 891. The lowest BCUT2D eigenvalue weighted by Gasteiger charge is -2.23. The molecule has 7 heteroatoms. The van der Waals surface area contributed by atoms with E-state index in [1.165, 1.54) is 6.92 Å². The van der Waals surface area contributed by atoms with E-state index in [9.17, 15) is 14.4 Å². The molecule has 2 rings (SSSR count). The summed E-state index contributed by atoms with van der Waals surface area (Å²) >= 11 is 0. The molecule has 2 aromatic rings. The quantitative estimate of drug-likeness (QED) is 0.596.